The predicted octanol–water partition coefficient (Wildman–Crippen LogP) is 2.01. The van der Waals surface area contributed by atoms with Gasteiger partial charge in [0, 0.05) is 44.0 Å². The molecule has 0 atom stereocenters. The van der Waals surface area contributed by atoms with Crippen LogP contribution in [0.1, 0.15) is 50.6 Å². The first kappa shape index (κ1) is 20.5. The molecule has 0 N–H and O–H groups in total. The topological polar surface area (TPSA) is 36.4 Å². The van der Waals surface area contributed by atoms with Gasteiger partial charge in [0.15, 0.2) is 0 Å². The van der Waals surface area contributed by atoms with Crippen LogP contribution in [0.25, 0.3) is 6.08 Å². The van der Waals surface area contributed by atoms with Crippen molar-refractivity contribution in [2.45, 2.75) is 47.0 Å². The normalized spacial score (nSPS) is 15.8. The number of piperidine rings is 1. The van der Waals surface area contributed by atoms with Crippen LogP contribution in [-0.4, -0.2) is 55.2 Å². The van der Waals surface area contributed by atoms with Crippen molar-refractivity contribution in [2.24, 2.45) is 11.8 Å². The Morgan fingerprint density at radius 3 is 2.65 bits per heavy atom. The second-order valence-electron chi connectivity index (χ2n) is 7.94. The fourth-order valence-corrected chi connectivity index (χ4v) is 3.46. The predicted molar refractivity (Wildman–Crippen MR) is 112 cm³/mol. The molecule has 0 unspecified atom stereocenters. The molecule has 0 aliphatic carbocycles. The maximum atomic E-state index is 12.1. The zero-order valence-electron chi connectivity index (χ0n) is 17.4. The Labute approximate surface area is 160 Å². The van der Waals surface area contributed by atoms with Gasteiger partial charge in [0.25, 0.3) is 0 Å². The summed E-state index contributed by atoms with van der Waals surface area (Å²) in [6.07, 6.45) is 7.46. The third-order valence-corrected chi connectivity index (χ3v) is 5.46. The molecule has 26 heavy (non-hydrogen) atoms. The smallest absolute Gasteiger partial charge is 0.225 e. The van der Waals surface area contributed by atoms with Crippen LogP contribution in [0.4, 0.5) is 0 Å². The number of nitrogens with zero attached hydrogens (tertiary/aromatic N) is 3. The number of carbonyl (C=O) groups is 1. The monoisotopic (exact) mass is 355 g/mol. The molecule has 4 nitrogen and oxygen atoms in total. The molecule has 1 aliphatic rings. The van der Waals surface area contributed by atoms with E-state index in [0.29, 0.717) is 11.8 Å². The molecular weight excluding hydrogens is 321 g/mol. The van der Waals surface area contributed by atoms with E-state index in [0.717, 1.165) is 44.6 Å². The number of hydrogen-bond donors (Lipinski definition) is 0. The highest BCUT2D eigenvalue weighted by Crippen LogP contribution is 2.22. The van der Waals surface area contributed by atoms with Crippen LogP contribution < -0.4 is 5.46 Å². The number of likely N-dealkylation sites (tertiary alicyclic amines) is 1. The number of rotatable bonds is 6. The van der Waals surface area contributed by atoms with Gasteiger partial charge in [0.2, 0.25) is 5.91 Å². The molecule has 0 radical (unpaired) electrons. The molecule has 0 bridgehead atoms. The highest BCUT2D eigenvalue weighted by atomic mass is 16.2. The number of pyridine rings is 1. The van der Waals surface area contributed by atoms with Gasteiger partial charge >= 0.3 is 0 Å². The third kappa shape index (κ3) is 5.36. The Kier molecular flexibility index (Phi) is 7.30. The lowest BCUT2D eigenvalue weighted by Gasteiger charge is -2.33. The van der Waals surface area contributed by atoms with Gasteiger partial charge in [-0.25, -0.2) is 0 Å². The van der Waals surface area contributed by atoms with Gasteiger partial charge in [-0.15, -0.1) is 0 Å². The molecule has 0 aromatic carbocycles. The molecule has 1 aromatic heterocycles. The summed E-state index contributed by atoms with van der Waals surface area (Å²) in [6.45, 7) is 11.0. The fraction of sp³-hybridized carbons (Fsp3) is 0.619. The van der Waals surface area contributed by atoms with Gasteiger partial charge in [-0.3, -0.25) is 9.78 Å². The van der Waals surface area contributed by atoms with E-state index in [9.17, 15) is 4.79 Å². The van der Waals surface area contributed by atoms with Crippen molar-refractivity contribution in [1.82, 2.24) is 14.8 Å². The summed E-state index contributed by atoms with van der Waals surface area (Å²) < 4.78 is 0. The summed E-state index contributed by atoms with van der Waals surface area (Å²) in [5, 5.41) is 0. The summed E-state index contributed by atoms with van der Waals surface area (Å²) in [4.78, 5) is 21.2. The second-order valence-corrected chi connectivity index (χ2v) is 7.94. The molecule has 1 fully saturated rings. The van der Waals surface area contributed by atoms with Crippen LogP contribution >= 0.6 is 0 Å². The molecule has 0 saturated carbocycles. The highest BCUT2D eigenvalue weighted by molar-refractivity contribution is 6.33. The zero-order chi connectivity index (χ0) is 19.3. The Hall–Kier alpha value is -1.78. The van der Waals surface area contributed by atoms with E-state index in [1.807, 2.05) is 18.7 Å². The number of amides is 1. The molecule has 2 heterocycles. The van der Waals surface area contributed by atoms with Gasteiger partial charge < -0.3 is 9.80 Å². The fourth-order valence-electron chi connectivity index (χ4n) is 3.46. The van der Waals surface area contributed by atoms with Crippen molar-refractivity contribution in [3.05, 3.63) is 29.2 Å². The van der Waals surface area contributed by atoms with E-state index in [4.69, 9.17) is 4.98 Å². The van der Waals surface area contributed by atoms with Gasteiger partial charge in [0.05, 0.1) is 0 Å². The number of carbonyl (C=O) groups excluding carboxylic acids is 1. The molecule has 142 valence electrons. The standard InChI is InChI=1S/C21H34BN3O/c1-6-24(5)10-9-18-14-19(22)20(23-16(18)4)13-17-7-11-25(12-8-17)21(26)15(2)3/h9-10,14-15,17H,6-8,11-13,22H2,1-5H3/b10-9+. The summed E-state index contributed by atoms with van der Waals surface area (Å²) in [5.74, 6) is 1.02. The minimum absolute atomic E-state index is 0.102. The van der Waals surface area contributed by atoms with Crippen molar-refractivity contribution >= 4 is 25.3 Å². The molecule has 1 saturated heterocycles. The molecule has 1 aromatic rings. The molecule has 0 spiro atoms. The summed E-state index contributed by atoms with van der Waals surface area (Å²) >= 11 is 0. The number of hydrogen-bond acceptors (Lipinski definition) is 3. The van der Waals surface area contributed by atoms with Gasteiger partial charge in [-0.05, 0) is 56.9 Å². The van der Waals surface area contributed by atoms with Crippen molar-refractivity contribution in [3.8, 4) is 0 Å². The number of aromatic nitrogens is 1. The quantitative estimate of drug-likeness (QED) is 0.733. The lowest BCUT2D eigenvalue weighted by atomic mass is 9.84. The zero-order valence-corrected chi connectivity index (χ0v) is 17.4. The van der Waals surface area contributed by atoms with Crippen LogP contribution in [0, 0.1) is 18.8 Å². The van der Waals surface area contributed by atoms with Crippen LogP contribution in [0.5, 0.6) is 0 Å². The molecular formula is C21H34BN3O. The van der Waals surface area contributed by atoms with E-state index in [1.165, 1.54) is 16.7 Å². The van der Waals surface area contributed by atoms with Crippen LogP contribution in [0.3, 0.4) is 0 Å². The van der Waals surface area contributed by atoms with Crippen molar-refractivity contribution in [1.29, 1.82) is 0 Å². The minimum Gasteiger partial charge on any atom is -0.381 e. The Bertz CT molecular complexity index is 649. The summed E-state index contributed by atoms with van der Waals surface area (Å²) in [5.41, 5.74) is 4.79. The summed E-state index contributed by atoms with van der Waals surface area (Å²) in [6, 6.07) is 2.26. The molecule has 2 rings (SSSR count). The van der Waals surface area contributed by atoms with Crippen molar-refractivity contribution in [2.75, 3.05) is 26.7 Å². The van der Waals surface area contributed by atoms with Crippen molar-refractivity contribution < 1.29 is 4.79 Å². The molecule has 5 heteroatoms. The van der Waals surface area contributed by atoms with Crippen LogP contribution in [-0.2, 0) is 11.2 Å². The Morgan fingerprint density at radius 2 is 2.08 bits per heavy atom. The average Bonchev–Trinajstić information content (AvgIpc) is 2.62. The van der Waals surface area contributed by atoms with E-state index >= 15 is 0 Å². The minimum atomic E-state index is 0.102. The second kappa shape index (κ2) is 9.25. The Morgan fingerprint density at radius 1 is 1.42 bits per heavy atom. The van der Waals surface area contributed by atoms with E-state index in [-0.39, 0.29) is 5.92 Å². The SMILES string of the molecule is Bc1cc(/C=C/N(C)CC)c(C)nc1CC1CCN(C(=O)C(C)C)CC1. The maximum absolute atomic E-state index is 12.1. The van der Waals surface area contributed by atoms with Gasteiger partial charge in [0.1, 0.15) is 7.85 Å². The lowest BCUT2D eigenvalue weighted by Crippen LogP contribution is -2.41. The van der Waals surface area contributed by atoms with E-state index < -0.39 is 0 Å². The Balaban J connectivity index is 1.99. The van der Waals surface area contributed by atoms with Crippen molar-refractivity contribution in [3.63, 3.8) is 0 Å². The van der Waals surface area contributed by atoms with Crippen LogP contribution in [0.2, 0.25) is 0 Å². The third-order valence-electron chi connectivity index (χ3n) is 5.46. The first-order valence-corrected chi connectivity index (χ1v) is 9.96. The maximum Gasteiger partial charge on any atom is 0.225 e. The van der Waals surface area contributed by atoms with Gasteiger partial charge in [-0.2, -0.15) is 0 Å². The lowest BCUT2D eigenvalue weighted by molar-refractivity contribution is -0.135. The first-order chi connectivity index (χ1) is 12.3. The van der Waals surface area contributed by atoms with Crippen LogP contribution in [0.15, 0.2) is 12.3 Å². The van der Waals surface area contributed by atoms with E-state index in [1.54, 1.807) is 0 Å². The average molecular weight is 355 g/mol. The molecule has 1 aliphatic heterocycles. The summed E-state index contributed by atoms with van der Waals surface area (Å²) in [7, 11) is 4.25. The number of aryl methyl sites for hydroxylation is 1. The van der Waals surface area contributed by atoms with E-state index in [2.05, 4.69) is 52.0 Å². The molecule has 1 amide bonds. The van der Waals surface area contributed by atoms with Gasteiger partial charge in [-0.1, -0.05) is 25.4 Å². The highest BCUT2D eigenvalue weighted by Gasteiger charge is 2.25. The first-order valence-electron chi connectivity index (χ1n) is 9.96. The largest absolute Gasteiger partial charge is 0.381 e.